The second kappa shape index (κ2) is 5.78. The third-order valence-corrected chi connectivity index (χ3v) is 1.70. The van der Waals surface area contributed by atoms with Crippen LogP contribution < -0.4 is 10.5 Å². The van der Waals surface area contributed by atoms with E-state index in [-0.39, 0.29) is 13.2 Å². The molecule has 0 unspecified atom stereocenters. The normalized spacial score (nSPS) is 10.9. The zero-order valence-corrected chi connectivity index (χ0v) is 8.11. The van der Waals surface area contributed by atoms with Crippen molar-refractivity contribution in [1.29, 1.82) is 5.26 Å². The van der Waals surface area contributed by atoms with Gasteiger partial charge >= 0.3 is 0 Å². The fourth-order valence-electron chi connectivity index (χ4n) is 0.965. The molecule has 0 atom stereocenters. The second-order valence-corrected chi connectivity index (χ2v) is 2.81. The van der Waals surface area contributed by atoms with Crippen molar-refractivity contribution in [3.63, 3.8) is 0 Å². The Labute approximate surface area is 87.6 Å². The first-order chi connectivity index (χ1) is 7.26. The Morgan fingerprint density at radius 3 is 2.67 bits per heavy atom. The topological polar surface area (TPSA) is 59.0 Å². The molecule has 1 aromatic rings. The smallest absolute Gasteiger partial charge is 0.139 e. The largest absolute Gasteiger partial charge is 0.487 e. The van der Waals surface area contributed by atoms with Crippen LogP contribution in [0.4, 0.5) is 4.39 Å². The molecule has 1 aromatic carbocycles. The Hall–Kier alpha value is -1.86. The van der Waals surface area contributed by atoms with Crippen LogP contribution in [-0.4, -0.2) is 13.2 Å². The van der Waals surface area contributed by atoms with Crippen LogP contribution in [-0.2, 0) is 0 Å². The molecule has 0 aliphatic heterocycles. The van der Waals surface area contributed by atoms with Crippen LogP contribution in [0, 0.1) is 11.3 Å². The van der Waals surface area contributed by atoms with Crippen molar-refractivity contribution in [2.45, 2.75) is 0 Å². The van der Waals surface area contributed by atoms with Crippen molar-refractivity contribution < 1.29 is 9.13 Å². The highest BCUT2D eigenvalue weighted by Crippen LogP contribution is 2.12. The van der Waals surface area contributed by atoms with Crippen molar-refractivity contribution in [2.75, 3.05) is 13.2 Å². The quantitative estimate of drug-likeness (QED) is 0.816. The second-order valence-electron chi connectivity index (χ2n) is 2.81. The van der Waals surface area contributed by atoms with E-state index in [2.05, 4.69) is 0 Å². The molecule has 78 valence electrons. The summed E-state index contributed by atoms with van der Waals surface area (Å²) in [5.41, 5.74) is 5.67. The summed E-state index contributed by atoms with van der Waals surface area (Å²) in [6, 6.07) is 8.44. The number of hydrogen-bond donors (Lipinski definition) is 1. The van der Waals surface area contributed by atoms with Gasteiger partial charge in [0.05, 0.1) is 11.6 Å². The van der Waals surface area contributed by atoms with Crippen LogP contribution in [0.1, 0.15) is 5.56 Å². The van der Waals surface area contributed by atoms with Gasteiger partial charge in [0.15, 0.2) is 0 Å². The molecule has 0 radical (unpaired) electrons. The van der Waals surface area contributed by atoms with Gasteiger partial charge in [0.2, 0.25) is 0 Å². The first-order valence-electron chi connectivity index (χ1n) is 4.44. The lowest BCUT2D eigenvalue weighted by molar-refractivity contribution is 0.318. The summed E-state index contributed by atoms with van der Waals surface area (Å²) in [6.07, 6.45) is 1.25. The van der Waals surface area contributed by atoms with Crippen molar-refractivity contribution in [1.82, 2.24) is 0 Å². The molecule has 1 rings (SSSR count). The van der Waals surface area contributed by atoms with E-state index in [9.17, 15) is 4.39 Å². The number of nitriles is 1. The minimum Gasteiger partial charge on any atom is -0.487 e. The molecule has 0 aliphatic carbocycles. The van der Waals surface area contributed by atoms with Gasteiger partial charge in [0, 0.05) is 6.54 Å². The molecule has 0 spiro atoms. The number of benzene rings is 1. The summed E-state index contributed by atoms with van der Waals surface area (Å²) in [6.45, 7) is 0.0195. The molecule has 0 aliphatic rings. The minimum atomic E-state index is -0.401. The maximum absolute atomic E-state index is 12.8. The highest BCUT2D eigenvalue weighted by molar-refractivity contribution is 5.34. The number of hydrogen-bond acceptors (Lipinski definition) is 3. The molecule has 0 bridgehead atoms. The molecule has 0 heterocycles. The summed E-state index contributed by atoms with van der Waals surface area (Å²) in [5, 5.41) is 8.54. The molecule has 0 saturated carbocycles. The van der Waals surface area contributed by atoms with E-state index in [4.69, 9.17) is 15.7 Å². The van der Waals surface area contributed by atoms with Gasteiger partial charge in [-0.2, -0.15) is 5.26 Å². The highest BCUT2D eigenvalue weighted by Gasteiger charge is 1.97. The van der Waals surface area contributed by atoms with Crippen molar-refractivity contribution in [3.05, 3.63) is 41.7 Å². The SMILES string of the molecule is N#Cc1ccc(OCC(F)=CCN)cc1. The molecule has 0 saturated heterocycles. The maximum atomic E-state index is 12.8. The fourth-order valence-corrected chi connectivity index (χ4v) is 0.965. The summed E-state index contributed by atoms with van der Waals surface area (Å²) in [4.78, 5) is 0. The molecule has 0 amide bonds. The van der Waals surface area contributed by atoms with Crippen LogP contribution in [0.15, 0.2) is 36.2 Å². The van der Waals surface area contributed by atoms with E-state index >= 15 is 0 Å². The molecule has 2 N–H and O–H groups in total. The van der Waals surface area contributed by atoms with Gasteiger partial charge in [-0.05, 0) is 30.3 Å². The maximum Gasteiger partial charge on any atom is 0.139 e. The lowest BCUT2D eigenvalue weighted by atomic mass is 10.2. The minimum absolute atomic E-state index is 0.136. The molecule has 4 heteroatoms. The number of halogens is 1. The third kappa shape index (κ3) is 3.79. The first kappa shape index (κ1) is 11.2. The van der Waals surface area contributed by atoms with E-state index < -0.39 is 5.83 Å². The number of nitrogens with zero attached hydrogens (tertiary/aromatic N) is 1. The number of nitrogens with two attached hydrogens (primary N) is 1. The van der Waals surface area contributed by atoms with Crippen LogP contribution in [0.3, 0.4) is 0 Å². The van der Waals surface area contributed by atoms with Gasteiger partial charge < -0.3 is 10.5 Å². The molecule has 3 nitrogen and oxygen atoms in total. The van der Waals surface area contributed by atoms with E-state index in [0.717, 1.165) is 0 Å². The van der Waals surface area contributed by atoms with Gasteiger partial charge in [-0.15, -0.1) is 0 Å². The average molecular weight is 206 g/mol. The van der Waals surface area contributed by atoms with Crippen LogP contribution in [0.5, 0.6) is 5.75 Å². The van der Waals surface area contributed by atoms with E-state index in [1.165, 1.54) is 6.08 Å². The van der Waals surface area contributed by atoms with Gasteiger partial charge in [0.1, 0.15) is 18.2 Å². The van der Waals surface area contributed by atoms with Crippen molar-refractivity contribution in [2.24, 2.45) is 5.73 Å². The number of ether oxygens (including phenoxy) is 1. The van der Waals surface area contributed by atoms with Gasteiger partial charge in [-0.25, -0.2) is 4.39 Å². The van der Waals surface area contributed by atoms with E-state index in [0.29, 0.717) is 11.3 Å². The van der Waals surface area contributed by atoms with E-state index in [1.807, 2.05) is 6.07 Å². The van der Waals surface area contributed by atoms with E-state index in [1.54, 1.807) is 24.3 Å². The average Bonchev–Trinajstić information content (AvgIpc) is 2.27. The Bertz CT molecular complexity index is 379. The molecule has 0 aromatic heterocycles. The Morgan fingerprint density at radius 1 is 1.47 bits per heavy atom. The van der Waals surface area contributed by atoms with Gasteiger partial charge in [-0.3, -0.25) is 0 Å². The van der Waals surface area contributed by atoms with Crippen LogP contribution in [0.25, 0.3) is 0 Å². The molecule has 15 heavy (non-hydrogen) atoms. The molecule has 0 fully saturated rings. The monoisotopic (exact) mass is 206 g/mol. The van der Waals surface area contributed by atoms with Crippen LogP contribution in [0.2, 0.25) is 0 Å². The third-order valence-electron chi connectivity index (χ3n) is 1.70. The van der Waals surface area contributed by atoms with Crippen molar-refractivity contribution >= 4 is 0 Å². The summed E-state index contributed by atoms with van der Waals surface area (Å²) in [7, 11) is 0. The predicted molar refractivity (Wildman–Crippen MR) is 54.9 cm³/mol. The summed E-state index contributed by atoms with van der Waals surface area (Å²) >= 11 is 0. The molecular weight excluding hydrogens is 195 g/mol. The predicted octanol–water partition coefficient (Wildman–Crippen LogP) is 1.75. The number of rotatable bonds is 4. The lowest BCUT2D eigenvalue weighted by Crippen LogP contribution is -2.01. The summed E-state index contributed by atoms with van der Waals surface area (Å²) < 4.78 is 17.9. The Morgan fingerprint density at radius 2 is 2.13 bits per heavy atom. The zero-order valence-electron chi connectivity index (χ0n) is 8.11. The first-order valence-corrected chi connectivity index (χ1v) is 4.44. The van der Waals surface area contributed by atoms with Gasteiger partial charge in [0.25, 0.3) is 0 Å². The van der Waals surface area contributed by atoms with Crippen LogP contribution >= 0.6 is 0 Å². The zero-order chi connectivity index (χ0) is 11.1. The molecular formula is C11H11FN2O. The standard InChI is InChI=1S/C11H11FN2O/c12-10(5-6-13)8-15-11-3-1-9(7-14)2-4-11/h1-5H,6,8,13H2. The fraction of sp³-hybridized carbons (Fsp3) is 0.182. The Balaban J connectivity index is 2.52. The van der Waals surface area contributed by atoms with Gasteiger partial charge in [-0.1, -0.05) is 0 Å². The summed E-state index contributed by atoms with van der Waals surface area (Å²) in [5.74, 6) is 0.122. The van der Waals surface area contributed by atoms with Crippen molar-refractivity contribution in [3.8, 4) is 11.8 Å². The Kier molecular flexibility index (Phi) is 4.32. The lowest BCUT2D eigenvalue weighted by Gasteiger charge is -2.03. The highest BCUT2D eigenvalue weighted by atomic mass is 19.1.